The van der Waals surface area contributed by atoms with Gasteiger partial charge in [0.1, 0.15) is 11.3 Å². The lowest BCUT2D eigenvalue weighted by Crippen LogP contribution is -2.39. The Hall–Kier alpha value is -1.71. The number of anilines is 1. The van der Waals surface area contributed by atoms with Crippen LogP contribution in [-0.2, 0) is 0 Å². The molecule has 0 aromatic heterocycles. The Morgan fingerprint density at radius 1 is 1.30 bits per heavy atom. The average Bonchev–Trinajstić information content (AvgIpc) is 2.46. The highest BCUT2D eigenvalue weighted by Crippen LogP contribution is 2.30. The van der Waals surface area contributed by atoms with Gasteiger partial charge in [-0.05, 0) is 43.7 Å². The number of nitrogens with zero attached hydrogens (tertiary/aromatic N) is 1. The van der Waals surface area contributed by atoms with Gasteiger partial charge in [-0.3, -0.25) is 4.79 Å². The van der Waals surface area contributed by atoms with E-state index >= 15 is 0 Å². The SMILES string of the molecule is COc1cccc(N)c1C(=O)N(C)C1CCC(C)CC1. The number of nitrogens with two attached hydrogens (primary N) is 1. The van der Waals surface area contributed by atoms with E-state index in [9.17, 15) is 4.79 Å². The van der Waals surface area contributed by atoms with Gasteiger partial charge in [-0.25, -0.2) is 0 Å². The fourth-order valence-corrected chi connectivity index (χ4v) is 2.92. The highest BCUT2D eigenvalue weighted by atomic mass is 16.5. The molecule has 0 bridgehead atoms. The molecule has 1 saturated carbocycles. The van der Waals surface area contributed by atoms with Crippen molar-refractivity contribution in [2.75, 3.05) is 19.9 Å². The predicted molar refractivity (Wildman–Crippen MR) is 80.9 cm³/mol. The van der Waals surface area contributed by atoms with Gasteiger partial charge >= 0.3 is 0 Å². The topological polar surface area (TPSA) is 55.6 Å². The summed E-state index contributed by atoms with van der Waals surface area (Å²) in [6.45, 7) is 2.27. The molecule has 2 rings (SSSR count). The lowest BCUT2D eigenvalue weighted by molar-refractivity contribution is 0.0677. The molecule has 0 aliphatic heterocycles. The molecule has 1 aliphatic rings. The second kappa shape index (κ2) is 6.16. The maximum absolute atomic E-state index is 12.7. The number of ether oxygens (including phenoxy) is 1. The quantitative estimate of drug-likeness (QED) is 0.864. The zero-order valence-corrected chi connectivity index (χ0v) is 12.6. The van der Waals surface area contributed by atoms with Crippen LogP contribution < -0.4 is 10.5 Å². The number of rotatable bonds is 3. The standard InChI is InChI=1S/C16H24N2O2/c1-11-7-9-12(10-8-11)18(2)16(19)15-13(17)5-4-6-14(15)20-3/h4-6,11-12H,7-10,17H2,1-3H3. The van der Waals surface area contributed by atoms with Crippen LogP contribution in [0.5, 0.6) is 5.75 Å². The van der Waals surface area contributed by atoms with E-state index in [1.54, 1.807) is 25.3 Å². The van der Waals surface area contributed by atoms with E-state index in [2.05, 4.69) is 6.92 Å². The first-order chi connectivity index (χ1) is 9.54. The van der Waals surface area contributed by atoms with Crippen molar-refractivity contribution in [2.24, 2.45) is 5.92 Å². The smallest absolute Gasteiger partial charge is 0.259 e. The third-order valence-corrected chi connectivity index (χ3v) is 4.35. The van der Waals surface area contributed by atoms with Gasteiger partial charge in [0.05, 0.1) is 7.11 Å². The van der Waals surface area contributed by atoms with Crippen LogP contribution in [0.1, 0.15) is 43.0 Å². The fourth-order valence-electron chi connectivity index (χ4n) is 2.92. The van der Waals surface area contributed by atoms with Crippen molar-refractivity contribution >= 4 is 11.6 Å². The summed E-state index contributed by atoms with van der Waals surface area (Å²) < 4.78 is 5.27. The molecule has 0 unspecified atom stereocenters. The minimum Gasteiger partial charge on any atom is -0.496 e. The second-order valence-corrected chi connectivity index (χ2v) is 5.75. The molecule has 4 heteroatoms. The molecule has 0 radical (unpaired) electrons. The number of carbonyl (C=O) groups is 1. The van der Waals surface area contributed by atoms with Gasteiger partial charge in [-0.2, -0.15) is 0 Å². The third kappa shape index (κ3) is 2.89. The van der Waals surface area contributed by atoms with Crippen molar-refractivity contribution < 1.29 is 9.53 Å². The first kappa shape index (κ1) is 14.7. The van der Waals surface area contributed by atoms with Crippen molar-refractivity contribution in [3.8, 4) is 5.75 Å². The fraction of sp³-hybridized carbons (Fsp3) is 0.562. The molecular weight excluding hydrogens is 252 g/mol. The van der Waals surface area contributed by atoms with E-state index in [0.717, 1.165) is 18.8 Å². The molecule has 1 aromatic rings. The van der Waals surface area contributed by atoms with Crippen LogP contribution in [0.15, 0.2) is 18.2 Å². The number of methoxy groups -OCH3 is 1. The number of nitrogen functional groups attached to an aromatic ring is 1. The van der Waals surface area contributed by atoms with Gasteiger partial charge in [-0.15, -0.1) is 0 Å². The normalized spacial score (nSPS) is 22.4. The Bertz CT molecular complexity index is 479. The summed E-state index contributed by atoms with van der Waals surface area (Å²) in [5, 5.41) is 0. The van der Waals surface area contributed by atoms with E-state index in [4.69, 9.17) is 10.5 Å². The van der Waals surface area contributed by atoms with Crippen LogP contribution in [0.25, 0.3) is 0 Å². The van der Waals surface area contributed by atoms with Gasteiger partial charge in [-0.1, -0.05) is 13.0 Å². The van der Waals surface area contributed by atoms with Gasteiger partial charge in [0.15, 0.2) is 0 Å². The summed E-state index contributed by atoms with van der Waals surface area (Å²) in [5.74, 6) is 1.27. The number of hydrogen-bond acceptors (Lipinski definition) is 3. The molecule has 110 valence electrons. The van der Waals surface area contributed by atoms with Crippen molar-refractivity contribution in [1.29, 1.82) is 0 Å². The van der Waals surface area contributed by atoms with E-state index in [0.29, 0.717) is 23.0 Å². The van der Waals surface area contributed by atoms with Crippen molar-refractivity contribution in [3.63, 3.8) is 0 Å². The largest absolute Gasteiger partial charge is 0.496 e. The minimum absolute atomic E-state index is 0.0421. The van der Waals surface area contributed by atoms with Crippen LogP contribution in [0, 0.1) is 5.92 Å². The molecule has 0 spiro atoms. The Labute approximate surface area is 120 Å². The molecule has 1 amide bonds. The van der Waals surface area contributed by atoms with Crippen molar-refractivity contribution in [1.82, 2.24) is 4.90 Å². The molecule has 2 N–H and O–H groups in total. The monoisotopic (exact) mass is 276 g/mol. The number of amides is 1. The molecule has 0 saturated heterocycles. The summed E-state index contributed by atoms with van der Waals surface area (Å²) in [6, 6.07) is 5.63. The van der Waals surface area contributed by atoms with E-state index in [-0.39, 0.29) is 5.91 Å². The maximum atomic E-state index is 12.7. The lowest BCUT2D eigenvalue weighted by Gasteiger charge is -2.34. The molecule has 0 heterocycles. The molecule has 1 aromatic carbocycles. The summed E-state index contributed by atoms with van der Waals surface area (Å²) in [4.78, 5) is 14.5. The summed E-state index contributed by atoms with van der Waals surface area (Å²) in [7, 11) is 3.43. The molecule has 0 atom stereocenters. The van der Waals surface area contributed by atoms with Crippen LogP contribution in [-0.4, -0.2) is 31.0 Å². The first-order valence-corrected chi connectivity index (χ1v) is 7.24. The molecule has 1 fully saturated rings. The predicted octanol–water partition coefficient (Wildman–Crippen LogP) is 2.93. The van der Waals surface area contributed by atoms with Crippen molar-refractivity contribution in [3.05, 3.63) is 23.8 Å². The summed E-state index contributed by atoms with van der Waals surface area (Å²) in [5.41, 5.74) is 6.92. The summed E-state index contributed by atoms with van der Waals surface area (Å²) in [6.07, 6.45) is 4.50. The zero-order valence-electron chi connectivity index (χ0n) is 12.6. The van der Waals surface area contributed by atoms with Gasteiger partial charge in [0.25, 0.3) is 5.91 Å². The average molecular weight is 276 g/mol. The van der Waals surface area contributed by atoms with Crippen LogP contribution in [0.4, 0.5) is 5.69 Å². The third-order valence-electron chi connectivity index (χ3n) is 4.35. The summed E-state index contributed by atoms with van der Waals surface area (Å²) >= 11 is 0. The molecular formula is C16H24N2O2. The van der Waals surface area contributed by atoms with Crippen LogP contribution in [0.3, 0.4) is 0 Å². The van der Waals surface area contributed by atoms with E-state index in [1.165, 1.54) is 12.8 Å². The molecule has 1 aliphatic carbocycles. The molecule has 20 heavy (non-hydrogen) atoms. The Kier molecular flexibility index (Phi) is 4.53. The van der Waals surface area contributed by atoms with Gasteiger partial charge in [0.2, 0.25) is 0 Å². The second-order valence-electron chi connectivity index (χ2n) is 5.75. The number of carbonyl (C=O) groups excluding carboxylic acids is 1. The first-order valence-electron chi connectivity index (χ1n) is 7.24. The van der Waals surface area contributed by atoms with E-state index in [1.807, 2.05) is 11.9 Å². The highest BCUT2D eigenvalue weighted by Gasteiger charge is 2.27. The van der Waals surface area contributed by atoms with Crippen LogP contribution in [0.2, 0.25) is 0 Å². The minimum atomic E-state index is -0.0421. The van der Waals surface area contributed by atoms with E-state index < -0.39 is 0 Å². The van der Waals surface area contributed by atoms with Gasteiger partial charge < -0.3 is 15.4 Å². The van der Waals surface area contributed by atoms with Crippen LogP contribution >= 0.6 is 0 Å². The zero-order chi connectivity index (χ0) is 14.7. The van der Waals surface area contributed by atoms with Crippen molar-refractivity contribution in [2.45, 2.75) is 38.6 Å². The van der Waals surface area contributed by atoms with Gasteiger partial charge in [0, 0.05) is 18.8 Å². The Morgan fingerprint density at radius 3 is 2.55 bits per heavy atom. The highest BCUT2D eigenvalue weighted by molar-refractivity contribution is 6.01. The number of hydrogen-bond donors (Lipinski definition) is 1. The molecule has 4 nitrogen and oxygen atoms in total. The Balaban J connectivity index is 2.18. The lowest BCUT2D eigenvalue weighted by atomic mass is 9.86. The Morgan fingerprint density at radius 2 is 1.95 bits per heavy atom. The number of benzene rings is 1. The maximum Gasteiger partial charge on any atom is 0.259 e.